The normalized spacial score (nSPS) is 11.0. The minimum absolute atomic E-state index is 0.0429. The lowest BCUT2D eigenvalue weighted by atomic mass is 10.0. The Morgan fingerprint density at radius 3 is 2.47 bits per heavy atom. The monoisotopic (exact) mass is 440 g/mol. The first-order valence-electron chi connectivity index (χ1n) is 10.1. The van der Waals surface area contributed by atoms with E-state index < -0.39 is 5.82 Å². The van der Waals surface area contributed by atoms with Crippen molar-refractivity contribution >= 4 is 34.0 Å². The van der Waals surface area contributed by atoms with Crippen LogP contribution >= 0.6 is 11.6 Å². The van der Waals surface area contributed by atoms with Gasteiger partial charge < -0.3 is 5.32 Å². The lowest BCUT2D eigenvalue weighted by Crippen LogP contribution is -2.00. The van der Waals surface area contributed by atoms with Crippen LogP contribution in [0.3, 0.4) is 0 Å². The minimum Gasteiger partial charge on any atom is -0.340 e. The van der Waals surface area contributed by atoms with Crippen molar-refractivity contribution in [2.75, 3.05) is 5.32 Å². The van der Waals surface area contributed by atoms with E-state index in [1.807, 2.05) is 24.3 Å². The van der Waals surface area contributed by atoms with E-state index in [4.69, 9.17) is 21.6 Å². The van der Waals surface area contributed by atoms with Gasteiger partial charge in [0.1, 0.15) is 11.6 Å². The van der Waals surface area contributed by atoms with Crippen LogP contribution in [-0.2, 0) is 0 Å². The predicted octanol–water partition coefficient (Wildman–Crippen LogP) is 7.20. The summed E-state index contributed by atoms with van der Waals surface area (Å²) in [5, 5.41) is 4.18. The zero-order valence-electron chi connectivity index (χ0n) is 17.2. The Morgan fingerprint density at radius 2 is 1.69 bits per heavy atom. The molecule has 156 valence electrons. The molecule has 5 rings (SSSR count). The molecule has 4 nitrogen and oxygen atoms in total. The molecule has 1 N–H and O–H groups in total. The second-order valence-corrected chi connectivity index (χ2v) is 7.90. The fraction of sp³-hybridized carbons (Fsp3) is 0.0385. The molecule has 0 spiro atoms. The van der Waals surface area contributed by atoms with Gasteiger partial charge in [0.05, 0.1) is 10.5 Å². The maximum atomic E-state index is 13.7. The summed E-state index contributed by atoms with van der Waals surface area (Å²) in [5.41, 5.74) is 5.57. The largest absolute Gasteiger partial charge is 0.340 e. The molecular weight excluding hydrogens is 423 g/mol. The number of rotatable bonds is 4. The summed E-state index contributed by atoms with van der Waals surface area (Å²) >= 11 is 5.99. The molecule has 0 unspecified atom stereocenters. The van der Waals surface area contributed by atoms with Gasteiger partial charge in [0.15, 0.2) is 5.82 Å². The molecule has 2 aromatic heterocycles. The first-order valence-corrected chi connectivity index (χ1v) is 10.5. The number of aryl methyl sites for hydroxylation is 1. The van der Waals surface area contributed by atoms with Gasteiger partial charge in [0.2, 0.25) is 0 Å². The topological polar surface area (TPSA) is 50.7 Å². The van der Waals surface area contributed by atoms with Crippen LogP contribution in [0.2, 0.25) is 5.02 Å². The molecule has 6 heteroatoms. The molecule has 3 aromatic carbocycles. The molecule has 0 aliphatic rings. The molecule has 0 amide bonds. The fourth-order valence-corrected chi connectivity index (χ4v) is 3.74. The lowest BCUT2D eigenvalue weighted by molar-refractivity contribution is 0.628. The molecule has 0 bridgehead atoms. The Bertz CT molecular complexity index is 1440. The van der Waals surface area contributed by atoms with E-state index in [0.717, 1.165) is 27.6 Å². The minimum atomic E-state index is -0.470. The number of hydrogen-bond donors (Lipinski definition) is 1. The summed E-state index contributed by atoms with van der Waals surface area (Å²) < 4.78 is 13.7. The van der Waals surface area contributed by atoms with Gasteiger partial charge in [-0.2, -0.15) is 0 Å². The lowest BCUT2D eigenvalue weighted by Gasteiger charge is -2.13. The van der Waals surface area contributed by atoms with Crippen LogP contribution in [0.4, 0.5) is 15.9 Å². The molecule has 5 aromatic rings. The van der Waals surface area contributed by atoms with Crippen LogP contribution in [0.1, 0.15) is 5.56 Å². The van der Waals surface area contributed by atoms with Crippen molar-refractivity contribution in [3.05, 3.63) is 102 Å². The van der Waals surface area contributed by atoms with Gasteiger partial charge in [-0.05, 0) is 60.5 Å². The number of fused-ring (bicyclic) bond motifs is 1. The van der Waals surface area contributed by atoms with Crippen molar-refractivity contribution < 1.29 is 4.39 Å². The molecule has 0 saturated carbocycles. The van der Waals surface area contributed by atoms with Crippen molar-refractivity contribution in [3.8, 4) is 22.5 Å². The van der Waals surface area contributed by atoms with E-state index in [-0.39, 0.29) is 5.02 Å². The van der Waals surface area contributed by atoms with E-state index >= 15 is 0 Å². The summed E-state index contributed by atoms with van der Waals surface area (Å²) in [6.45, 7) is 2.07. The Kier molecular flexibility index (Phi) is 5.25. The summed E-state index contributed by atoms with van der Waals surface area (Å²) in [6.07, 6.45) is 3.43. The van der Waals surface area contributed by atoms with Crippen LogP contribution in [0, 0.1) is 12.7 Å². The summed E-state index contributed by atoms with van der Waals surface area (Å²) in [4.78, 5) is 13.7. The van der Waals surface area contributed by atoms with Crippen LogP contribution in [-0.4, -0.2) is 15.0 Å². The van der Waals surface area contributed by atoms with Crippen LogP contribution in [0.25, 0.3) is 33.4 Å². The van der Waals surface area contributed by atoms with Crippen molar-refractivity contribution in [3.63, 3.8) is 0 Å². The third-order valence-electron chi connectivity index (χ3n) is 5.15. The number of nitrogens with one attached hydrogen (secondary N) is 1. The van der Waals surface area contributed by atoms with Gasteiger partial charge in [-0.1, -0.05) is 47.5 Å². The molecule has 0 radical (unpaired) electrons. The van der Waals surface area contributed by atoms with E-state index in [9.17, 15) is 4.39 Å². The Labute approximate surface area is 189 Å². The van der Waals surface area contributed by atoms with E-state index in [0.29, 0.717) is 17.3 Å². The first kappa shape index (κ1) is 20.1. The van der Waals surface area contributed by atoms with Crippen LogP contribution in [0.15, 0.2) is 85.2 Å². The summed E-state index contributed by atoms with van der Waals surface area (Å²) in [7, 11) is 0. The molecule has 0 atom stereocenters. The van der Waals surface area contributed by atoms with Gasteiger partial charge >= 0.3 is 0 Å². The van der Waals surface area contributed by atoms with Gasteiger partial charge in [0, 0.05) is 29.0 Å². The molecule has 0 aliphatic heterocycles. The van der Waals surface area contributed by atoms with E-state index in [1.165, 1.54) is 11.6 Å². The maximum absolute atomic E-state index is 13.7. The third-order valence-corrected chi connectivity index (χ3v) is 5.44. The van der Waals surface area contributed by atoms with E-state index in [1.54, 1.807) is 24.5 Å². The number of anilines is 2. The average molecular weight is 441 g/mol. The highest BCUT2D eigenvalue weighted by Crippen LogP contribution is 2.32. The van der Waals surface area contributed by atoms with E-state index in [2.05, 4.69) is 47.6 Å². The zero-order chi connectivity index (χ0) is 22.1. The summed E-state index contributed by atoms with van der Waals surface area (Å²) in [6, 6.07) is 22.7. The zero-order valence-corrected chi connectivity index (χ0v) is 17.9. The highest BCUT2D eigenvalue weighted by molar-refractivity contribution is 6.31. The third kappa shape index (κ3) is 4.03. The molecule has 2 heterocycles. The average Bonchev–Trinajstić information content (AvgIpc) is 2.82. The van der Waals surface area contributed by atoms with Gasteiger partial charge in [-0.15, -0.1) is 0 Å². The maximum Gasteiger partial charge on any atom is 0.163 e. The number of pyridine rings is 1. The molecule has 0 saturated heterocycles. The predicted molar refractivity (Wildman–Crippen MR) is 128 cm³/mol. The smallest absolute Gasteiger partial charge is 0.163 e. The Morgan fingerprint density at radius 1 is 0.844 bits per heavy atom. The number of nitrogens with zero attached hydrogens (tertiary/aromatic N) is 3. The highest BCUT2D eigenvalue weighted by atomic mass is 35.5. The van der Waals surface area contributed by atoms with Crippen LogP contribution < -0.4 is 5.32 Å². The second kappa shape index (κ2) is 8.36. The van der Waals surface area contributed by atoms with Gasteiger partial charge in [0.25, 0.3) is 0 Å². The Balaban J connectivity index is 1.68. The van der Waals surface area contributed by atoms with Gasteiger partial charge in [-0.25, -0.2) is 14.4 Å². The molecular formula is C26H18ClFN4. The quantitative estimate of drug-likeness (QED) is 0.321. The number of hydrogen-bond acceptors (Lipinski definition) is 4. The highest BCUT2D eigenvalue weighted by Gasteiger charge is 2.12. The number of halogens is 2. The fourth-order valence-electron chi connectivity index (χ4n) is 3.56. The molecule has 0 aliphatic carbocycles. The number of benzene rings is 3. The molecule has 0 fully saturated rings. The molecule has 32 heavy (non-hydrogen) atoms. The summed E-state index contributed by atoms with van der Waals surface area (Å²) in [5.74, 6) is 0.679. The number of aromatic nitrogens is 3. The second-order valence-electron chi connectivity index (χ2n) is 7.49. The van der Waals surface area contributed by atoms with Crippen LogP contribution in [0.5, 0.6) is 0 Å². The SMILES string of the molecule is Cc1cccc(-c2ccc3nc(-c4cccnc4)nc(Nc4ccc(F)c(Cl)c4)c3c2)c1. The van der Waals surface area contributed by atoms with Crippen molar-refractivity contribution in [1.29, 1.82) is 0 Å². The first-order chi connectivity index (χ1) is 15.6. The van der Waals surface area contributed by atoms with Crippen molar-refractivity contribution in [2.45, 2.75) is 6.92 Å². The van der Waals surface area contributed by atoms with Crippen molar-refractivity contribution in [1.82, 2.24) is 15.0 Å². The Hall–Kier alpha value is -3.83. The van der Waals surface area contributed by atoms with Gasteiger partial charge in [-0.3, -0.25) is 4.98 Å². The van der Waals surface area contributed by atoms with Crippen molar-refractivity contribution in [2.24, 2.45) is 0 Å². The standard InChI is InChI=1S/C26H18ClFN4/c1-16-4-2-5-17(12-16)18-7-10-24-21(13-18)26(30-20-8-9-23(28)22(27)14-20)32-25(31-24)19-6-3-11-29-15-19/h2-15H,1H3,(H,30,31,32).